The van der Waals surface area contributed by atoms with Crippen LogP contribution in [0.2, 0.25) is 0 Å². The van der Waals surface area contributed by atoms with Gasteiger partial charge in [-0.3, -0.25) is 0 Å². The minimum absolute atomic E-state index is 0.316. The Kier molecular flexibility index (Phi) is 1.01. The van der Waals surface area contributed by atoms with E-state index >= 15 is 0 Å². The third kappa shape index (κ3) is 0.576. The van der Waals surface area contributed by atoms with Crippen molar-refractivity contribution in [2.24, 2.45) is 0 Å². The molecular formula is C9H10O. The maximum absolute atomic E-state index is 5.37. The lowest BCUT2D eigenvalue weighted by atomic mass is 9.99. The molecule has 0 aromatic heterocycles. The van der Waals surface area contributed by atoms with Crippen LogP contribution in [0.1, 0.15) is 24.2 Å². The molecule has 1 aromatic rings. The zero-order valence-electron chi connectivity index (χ0n) is 6.22. The van der Waals surface area contributed by atoms with Crippen molar-refractivity contribution in [3.63, 3.8) is 0 Å². The van der Waals surface area contributed by atoms with E-state index in [4.69, 9.17) is 4.74 Å². The number of aryl methyl sites for hydroxylation is 1. The smallest absolute Gasteiger partial charge is 0.127 e. The van der Waals surface area contributed by atoms with Gasteiger partial charge in [0.1, 0.15) is 11.9 Å². The summed E-state index contributed by atoms with van der Waals surface area (Å²) in [6.45, 7) is 4.20. The molecule has 0 aliphatic carbocycles. The van der Waals surface area contributed by atoms with Gasteiger partial charge in [-0.1, -0.05) is 12.1 Å². The Morgan fingerprint density at radius 3 is 2.70 bits per heavy atom. The normalized spacial score (nSPS) is 20.8. The van der Waals surface area contributed by atoms with E-state index in [9.17, 15) is 0 Å². The molecule has 0 saturated carbocycles. The van der Waals surface area contributed by atoms with Crippen molar-refractivity contribution in [1.82, 2.24) is 0 Å². The number of rotatable bonds is 0. The summed E-state index contributed by atoms with van der Waals surface area (Å²) in [5.41, 5.74) is 2.72. The number of fused-ring (bicyclic) bond motifs is 1. The molecular weight excluding hydrogens is 124 g/mol. The molecule has 0 fully saturated rings. The summed E-state index contributed by atoms with van der Waals surface area (Å²) in [7, 11) is 0. The molecule has 0 spiro atoms. The van der Waals surface area contributed by atoms with Crippen LogP contribution in [0.25, 0.3) is 0 Å². The van der Waals surface area contributed by atoms with Crippen LogP contribution in [0.3, 0.4) is 0 Å². The molecule has 0 saturated heterocycles. The highest BCUT2D eigenvalue weighted by Crippen LogP contribution is 2.40. The number of ether oxygens (including phenoxy) is 1. The summed E-state index contributed by atoms with van der Waals surface area (Å²) in [4.78, 5) is 0. The van der Waals surface area contributed by atoms with Gasteiger partial charge in [-0.05, 0) is 25.5 Å². The summed E-state index contributed by atoms with van der Waals surface area (Å²) in [5, 5.41) is 0. The van der Waals surface area contributed by atoms with Crippen LogP contribution in [0.4, 0.5) is 0 Å². The van der Waals surface area contributed by atoms with E-state index < -0.39 is 0 Å². The number of hydrogen-bond donors (Lipinski definition) is 0. The standard InChI is InChI=1S/C9H10O/c1-6-4-3-5-8-9(6)7(2)10-8/h3-5,7H,1-2H3. The van der Waals surface area contributed by atoms with Crippen molar-refractivity contribution < 1.29 is 4.74 Å². The van der Waals surface area contributed by atoms with E-state index in [1.807, 2.05) is 12.1 Å². The van der Waals surface area contributed by atoms with Crippen LogP contribution in [0, 0.1) is 6.92 Å². The lowest BCUT2D eigenvalue weighted by molar-refractivity contribution is 0.164. The molecule has 0 N–H and O–H groups in total. The molecule has 0 amide bonds. The van der Waals surface area contributed by atoms with Crippen LogP contribution >= 0.6 is 0 Å². The van der Waals surface area contributed by atoms with E-state index in [2.05, 4.69) is 19.9 Å². The third-order valence-corrected chi connectivity index (χ3v) is 1.99. The number of hydrogen-bond acceptors (Lipinski definition) is 1. The van der Waals surface area contributed by atoms with Crippen molar-refractivity contribution in [2.75, 3.05) is 0 Å². The van der Waals surface area contributed by atoms with Crippen LogP contribution in [-0.4, -0.2) is 0 Å². The molecule has 10 heavy (non-hydrogen) atoms. The van der Waals surface area contributed by atoms with Gasteiger partial charge < -0.3 is 4.74 Å². The minimum Gasteiger partial charge on any atom is -0.485 e. The van der Waals surface area contributed by atoms with E-state index in [-0.39, 0.29) is 0 Å². The highest BCUT2D eigenvalue weighted by molar-refractivity contribution is 5.46. The van der Waals surface area contributed by atoms with Crippen LogP contribution in [0.15, 0.2) is 18.2 Å². The Labute approximate surface area is 60.6 Å². The molecule has 2 rings (SSSR count). The zero-order chi connectivity index (χ0) is 7.14. The topological polar surface area (TPSA) is 9.23 Å². The number of benzene rings is 1. The van der Waals surface area contributed by atoms with Crippen molar-refractivity contribution in [3.8, 4) is 5.75 Å². The van der Waals surface area contributed by atoms with Gasteiger partial charge >= 0.3 is 0 Å². The molecule has 1 heteroatoms. The Bertz CT molecular complexity index is 251. The first-order valence-electron chi connectivity index (χ1n) is 3.55. The summed E-state index contributed by atoms with van der Waals surface area (Å²) in [6.07, 6.45) is 0.316. The Morgan fingerprint density at radius 1 is 1.40 bits per heavy atom. The largest absolute Gasteiger partial charge is 0.485 e. The quantitative estimate of drug-likeness (QED) is 0.529. The van der Waals surface area contributed by atoms with E-state index in [1.165, 1.54) is 11.1 Å². The highest BCUT2D eigenvalue weighted by atomic mass is 16.5. The first kappa shape index (κ1) is 5.78. The maximum atomic E-state index is 5.37. The van der Waals surface area contributed by atoms with Gasteiger partial charge in [-0.25, -0.2) is 0 Å². The fourth-order valence-electron chi connectivity index (χ4n) is 1.47. The Morgan fingerprint density at radius 2 is 2.20 bits per heavy atom. The highest BCUT2D eigenvalue weighted by Gasteiger charge is 2.24. The molecule has 52 valence electrons. The average molecular weight is 134 g/mol. The molecule has 1 heterocycles. The monoisotopic (exact) mass is 134 g/mol. The van der Waals surface area contributed by atoms with Gasteiger partial charge in [0.05, 0.1) is 0 Å². The van der Waals surface area contributed by atoms with Gasteiger partial charge in [0, 0.05) is 5.56 Å². The molecule has 0 bridgehead atoms. The predicted molar refractivity (Wildman–Crippen MR) is 40.2 cm³/mol. The Hall–Kier alpha value is -0.980. The second kappa shape index (κ2) is 1.75. The van der Waals surface area contributed by atoms with Gasteiger partial charge in [-0.15, -0.1) is 0 Å². The summed E-state index contributed by atoms with van der Waals surface area (Å²) < 4.78 is 5.37. The maximum Gasteiger partial charge on any atom is 0.127 e. The molecule has 1 aliphatic rings. The molecule has 1 nitrogen and oxygen atoms in total. The predicted octanol–water partition coefficient (Wildman–Crippen LogP) is 2.45. The fraction of sp³-hybridized carbons (Fsp3) is 0.333. The summed E-state index contributed by atoms with van der Waals surface area (Å²) in [5.74, 6) is 1.06. The van der Waals surface area contributed by atoms with Crippen molar-refractivity contribution >= 4 is 0 Å². The first-order valence-corrected chi connectivity index (χ1v) is 3.55. The second-order valence-electron chi connectivity index (χ2n) is 2.75. The van der Waals surface area contributed by atoms with Crippen molar-refractivity contribution in [2.45, 2.75) is 20.0 Å². The van der Waals surface area contributed by atoms with E-state index in [1.54, 1.807) is 0 Å². The molecule has 1 aliphatic heterocycles. The Balaban J connectivity index is 2.58. The van der Waals surface area contributed by atoms with E-state index in [0.29, 0.717) is 6.10 Å². The van der Waals surface area contributed by atoms with Crippen LogP contribution < -0.4 is 4.74 Å². The third-order valence-electron chi connectivity index (χ3n) is 1.99. The summed E-state index contributed by atoms with van der Waals surface area (Å²) >= 11 is 0. The lowest BCUT2D eigenvalue weighted by Crippen LogP contribution is -2.16. The van der Waals surface area contributed by atoms with Gasteiger partial charge in [-0.2, -0.15) is 0 Å². The molecule has 0 radical (unpaired) electrons. The van der Waals surface area contributed by atoms with Gasteiger partial charge in [0.2, 0.25) is 0 Å². The molecule has 1 atom stereocenters. The van der Waals surface area contributed by atoms with Crippen molar-refractivity contribution in [1.29, 1.82) is 0 Å². The van der Waals surface area contributed by atoms with Crippen LogP contribution in [0.5, 0.6) is 5.75 Å². The van der Waals surface area contributed by atoms with Gasteiger partial charge in [0.25, 0.3) is 0 Å². The lowest BCUT2D eigenvalue weighted by Gasteiger charge is -2.29. The summed E-state index contributed by atoms with van der Waals surface area (Å²) in [6, 6.07) is 6.17. The van der Waals surface area contributed by atoms with Gasteiger partial charge in [0.15, 0.2) is 0 Å². The SMILES string of the molecule is Cc1cccc2c1C(C)O2. The second-order valence-corrected chi connectivity index (χ2v) is 2.75. The van der Waals surface area contributed by atoms with Crippen molar-refractivity contribution in [3.05, 3.63) is 29.3 Å². The molecule has 1 unspecified atom stereocenters. The zero-order valence-corrected chi connectivity index (χ0v) is 6.22. The minimum atomic E-state index is 0.316. The molecule has 1 aromatic carbocycles. The average Bonchev–Trinajstić information content (AvgIpc) is 1.85. The fourth-order valence-corrected chi connectivity index (χ4v) is 1.47. The first-order chi connectivity index (χ1) is 4.79. The van der Waals surface area contributed by atoms with E-state index in [0.717, 1.165) is 5.75 Å². The van der Waals surface area contributed by atoms with Crippen LogP contribution in [-0.2, 0) is 0 Å².